The number of nitrogens with zero attached hydrogens (tertiary/aromatic N) is 6. The van der Waals surface area contributed by atoms with Crippen molar-refractivity contribution >= 4 is 11.8 Å². The predicted molar refractivity (Wildman–Crippen MR) is 112 cm³/mol. The quantitative estimate of drug-likeness (QED) is 0.503. The number of amides is 2. The number of alkyl halides is 6. The molecule has 0 saturated carbocycles. The van der Waals surface area contributed by atoms with Gasteiger partial charge in [-0.15, -0.1) is 5.10 Å². The van der Waals surface area contributed by atoms with E-state index in [-0.39, 0.29) is 23.4 Å². The third-order valence-corrected chi connectivity index (χ3v) is 5.04. The Morgan fingerprint density at radius 2 is 1.58 bits per heavy atom. The van der Waals surface area contributed by atoms with E-state index in [4.69, 9.17) is 0 Å². The Bertz CT molecular complexity index is 1240. The molecule has 0 spiro atoms. The topological polar surface area (TPSA) is 106 Å². The third-order valence-electron chi connectivity index (χ3n) is 5.04. The van der Waals surface area contributed by atoms with Crippen molar-refractivity contribution in [2.75, 3.05) is 13.6 Å². The molecule has 0 radical (unpaired) electrons. The number of carbonyl (C=O) groups is 2. The van der Waals surface area contributed by atoms with Crippen LogP contribution in [0.1, 0.15) is 57.7 Å². The summed E-state index contributed by atoms with van der Waals surface area (Å²) in [7, 11) is 1.55. The highest BCUT2D eigenvalue weighted by Gasteiger charge is 2.37. The van der Waals surface area contributed by atoms with Crippen LogP contribution in [0.25, 0.3) is 5.82 Å². The highest BCUT2D eigenvalue weighted by Crippen LogP contribution is 2.36. The summed E-state index contributed by atoms with van der Waals surface area (Å²) >= 11 is 0. The van der Waals surface area contributed by atoms with Crippen LogP contribution in [-0.4, -0.2) is 55.0 Å². The first kappa shape index (κ1) is 26.6. The lowest BCUT2D eigenvalue weighted by molar-refractivity contribution is -0.143. The van der Waals surface area contributed by atoms with Gasteiger partial charge in [-0.05, 0) is 32.0 Å². The number of benzene rings is 1. The second-order valence-corrected chi connectivity index (χ2v) is 7.59. The Labute approximate surface area is 200 Å². The lowest BCUT2D eigenvalue weighted by Gasteiger charge is -2.18. The molecule has 2 amide bonds. The Hall–Kier alpha value is -4.04. The molecule has 36 heavy (non-hydrogen) atoms. The minimum absolute atomic E-state index is 0.0380. The number of nitrogens with one attached hydrogen (secondary N) is 1. The van der Waals surface area contributed by atoms with Crippen LogP contribution in [0.4, 0.5) is 26.3 Å². The largest absolute Gasteiger partial charge is 0.416 e. The van der Waals surface area contributed by atoms with Gasteiger partial charge in [0.05, 0.1) is 17.2 Å². The summed E-state index contributed by atoms with van der Waals surface area (Å²) in [5, 5.41) is 6.38. The van der Waals surface area contributed by atoms with Crippen molar-refractivity contribution < 1.29 is 35.9 Å². The standard InChI is InChI=1S/C21H19F6N7O2/c1-4-33(3)19(36)16-30-10-34(32-16)17-15(28-5-6-29-17)11(2)31-18(35)12-7-13(20(22,23)24)9-14(8-12)21(25,26)27/h5-11H,4H2,1-3H3,(H,31,35)/t11-/m1/s1. The number of hydrogen-bond donors (Lipinski definition) is 1. The maximum absolute atomic E-state index is 13.1. The van der Waals surface area contributed by atoms with Gasteiger partial charge in [-0.3, -0.25) is 14.6 Å². The van der Waals surface area contributed by atoms with Crippen LogP contribution in [-0.2, 0) is 12.4 Å². The van der Waals surface area contributed by atoms with E-state index in [2.05, 4.69) is 25.4 Å². The molecule has 2 heterocycles. The third kappa shape index (κ3) is 5.78. The second kappa shape index (κ2) is 9.91. The zero-order valence-corrected chi connectivity index (χ0v) is 19.0. The van der Waals surface area contributed by atoms with Crippen molar-refractivity contribution in [3.05, 3.63) is 65.1 Å². The number of carbonyl (C=O) groups excluding carboxylic acids is 2. The van der Waals surface area contributed by atoms with Gasteiger partial charge in [0.15, 0.2) is 5.82 Å². The fourth-order valence-electron chi connectivity index (χ4n) is 3.04. The van der Waals surface area contributed by atoms with E-state index < -0.39 is 46.9 Å². The molecular formula is C21H19F6N7O2. The van der Waals surface area contributed by atoms with Crippen LogP contribution in [0, 0.1) is 0 Å². The van der Waals surface area contributed by atoms with Gasteiger partial charge in [0, 0.05) is 31.5 Å². The number of halogens is 6. The van der Waals surface area contributed by atoms with Crippen LogP contribution in [0.5, 0.6) is 0 Å². The van der Waals surface area contributed by atoms with Gasteiger partial charge in [-0.1, -0.05) is 0 Å². The van der Waals surface area contributed by atoms with Crippen molar-refractivity contribution in [2.24, 2.45) is 0 Å². The smallest absolute Gasteiger partial charge is 0.344 e. The summed E-state index contributed by atoms with van der Waals surface area (Å²) < 4.78 is 80.0. The molecule has 0 bridgehead atoms. The fraction of sp³-hybridized carbons (Fsp3) is 0.333. The normalized spacial score (nSPS) is 12.8. The summed E-state index contributed by atoms with van der Waals surface area (Å²) in [5.74, 6) is -1.77. The van der Waals surface area contributed by atoms with Crippen LogP contribution in [0.15, 0.2) is 36.9 Å². The van der Waals surface area contributed by atoms with Gasteiger partial charge in [-0.2, -0.15) is 31.0 Å². The molecule has 1 N–H and O–H groups in total. The van der Waals surface area contributed by atoms with Crippen LogP contribution in [0.2, 0.25) is 0 Å². The Balaban J connectivity index is 1.92. The zero-order valence-electron chi connectivity index (χ0n) is 19.0. The Morgan fingerprint density at radius 1 is 1.00 bits per heavy atom. The van der Waals surface area contributed by atoms with Gasteiger partial charge < -0.3 is 10.2 Å². The van der Waals surface area contributed by atoms with E-state index in [1.165, 1.54) is 30.5 Å². The molecule has 0 aliphatic carbocycles. The fourth-order valence-corrected chi connectivity index (χ4v) is 3.04. The molecule has 0 saturated heterocycles. The number of aromatic nitrogens is 5. The molecule has 0 unspecified atom stereocenters. The van der Waals surface area contributed by atoms with Crippen LogP contribution >= 0.6 is 0 Å². The molecule has 0 aliphatic heterocycles. The van der Waals surface area contributed by atoms with E-state index in [0.717, 1.165) is 4.68 Å². The molecule has 9 nitrogen and oxygen atoms in total. The molecule has 192 valence electrons. The van der Waals surface area contributed by atoms with Crippen molar-refractivity contribution in [1.29, 1.82) is 0 Å². The van der Waals surface area contributed by atoms with Crippen molar-refractivity contribution in [3.63, 3.8) is 0 Å². The SMILES string of the molecule is CCN(C)C(=O)c1ncn(-c2nccnc2[C@@H](C)NC(=O)c2cc(C(F)(F)F)cc(C(F)(F)F)c2)n1. The van der Waals surface area contributed by atoms with E-state index >= 15 is 0 Å². The molecule has 3 rings (SSSR count). The molecule has 1 aromatic carbocycles. The van der Waals surface area contributed by atoms with Gasteiger partial charge in [0.2, 0.25) is 5.82 Å². The first-order valence-electron chi connectivity index (χ1n) is 10.3. The number of hydrogen-bond acceptors (Lipinski definition) is 6. The maximum Gasteiger partial charge on any atom is 0.416 e. The minimum Gasteiger partial charge on any atom is -0.344 e. The molecule has 15 heteroatoms. The van der Waals surface area contributed by atoms with Gasteiger partial charge in [0.1, 0.15) is 12.0 Å². The van der Waals surface area contributed by atoms with Crippen LogP contribution < -0.4 is 5.32 Å². The van der Waals surface area contributed by atoms with E-state index in [0.29, 0.717) is 18.7 Å². The Kier molecular flexibility index (Phi) is 7.31. The van der Waals surface area contributed by atoms with Crippen molar-refractivity contribution in [1.82, 2.24) is 34.9 Å². The first-order valence-corrected chi connectivity index (χ1v) is 10.3. The summed E-state index contributed by atoms with van der Waals surface area (Å²) in [6, 6.07) is -0.449. The Morgan fingerprint density at radius 3 is 2.14 bits per heavy atom. The molecule has 2 aromatic heterocycles. The summed E-state index contributed by atoms with van der Waals surface area (Å²) in [5.41, 5.74) is -4.01. The van der Waals surface area contributed by atoms with Gasteiger partial charge in [-0.25, -0.2) is 9.97 Å². The highest BCUT2D eigenvalue weighted by atomic mass is 19.4. The summed E-state index contributed by atoms with van der Waals surface area (Å²) in [6.45, 7) is 3.55. The summed E-state index contributed by atoms with van der Waals surface area (Å²) in [4.78, 5) is 38.4. The molecule has 0 aliphatic rings. The average molecular weight is 515 g/mol. The van der Waals surface area contributed by atoms with Crippen LogP contribution in [0.3, 0.4) is 0 Å². The van der Waals surface area contributed by atoms with E-state index in [1.54, 1.807) is 14.0 Å². The highest BCUT2D eigenvalue weighted by molar-refractivity contribution is 5.95. The second-order valence-electron chi connectivity index (χ2n) is 7.59. The van der Waals surface area contributed by atoms with E-state index in [9.17, 15) is 35.9 Å². The predicted octanol–water partition coefficient (Wildman–Crippen LogP) is 3.68. The molecular weight excluding hydrogens is 496 g/mol. The zero-order chi connectivity index (χ0) is 26.8. The summed E-state index contributed by atoms with van der Waals surface area (Å²) in [6.07, 6.45) is -6.47. The molecule has 3 aromatic rings. The van der Waals surface area contributed by atoms with Crippen molar-refractivity contribution in [3.8, 4) is 5.82 Å². The molecule has 0 fully saturated rings. The number of rotatable bonds is 6. The monoisotopic (exact) mass is 515 g/mol. The van der Waals surface area contributed by atoms with Gasteiger partial charge in [0.25, 0.3) is 11.8 Å². The maximum atomic E-state index is 13.1. The van der Waals surface area contributed by atoms with E-state index in [1.807, 2.05) is 0 Å². The lowest BCUT2D eigenvalue weighted by Crippen LogP contribution is -2.29. The lowest BCUT2D eigenvalue weighted by atomic mass is 10.0. The van der Waals surface area contributed by atoms with Crippen molar-refractivity contribution in [2.45, 2.75) is 32.2 Å². The average Bonchev–Trinajstić information content (AvgIpc) is 3.31. The first-order chi connectivity index (χ1) is 16.7. The molecule has 1 atom stereocenters. The van der Waals surface area contributed by atoms with Gasteiger partial charge >= 0.3 is 12.4 Å². The minimum atomic E-state index is -5.10.